The molecule has 0 N–H and O–H groups in total. The van der Waals surface area contributed by atoms with E-state index in [1.165, 1.54) is 16.7 Å². The van der Waals surface area contributed by atoms with Gasteiger partial charge in [0, 0.05) is 10.0 Å². The molecule has 3 rings (SSSR count). The molecule has 1 aliphatic rings. The summed E-state index contributed by atoms with van der Waals surface area (Å²) < 4.78 is 0.500. The fourth-order valence-corrected chi connectivity index (χ4v) is 3.72. The van der Waals surface area contributed by atoms with Gasteiger partial charge in [-0.1, -0.05) is 77.5 Å². The molecule has 1 heterocycles. The zero-order valence-corrected chi connectivity index (χ0v) is 15.4. The van der Waals surface area contributed by atoms with E-state index in [9.17, 15) is 4.79 Å². The minimum atomic E-state index is -0.142. The van der Waals surface area contributed by atoms with Crippen LogP contribution in [0.2, 0.25) is 10.0 Å². The van der Waals surface area contributed by atoms with Crippen LogP contribution in [0.15, 0.2) is 65.6 Å². The normalized spacial score (nSPS) is 16.6. The number of hydrogen-bond acceptors (Lipinski definition) is 3. The third kappa shape index (κ3) is 3.73. The Morgan fingerprint density at radius 3 is 2.46 bits per heavy atom. The van der Waals surface area contributed by atoms with Gasteiger partial charge in [0.25, 0.3) is 5.91 Å². The number of benzene rings is 2. The smallest absolute Gasteiger partial charge is 0.268 e. The second-order valence-electron chi connectivity index (χ2n) is 4.90. The van der Waals surface area contributed by atoms with E-state index in [4.69, 9.17) is 35.4 Å². The third-order valence-electron chi connectivity index (χ3n) is 3.31. The van der Waals surface area contributed by atoms with Crippen LogP contribution < -0.4 is 4.90 Å². The minimum Gasteiger partial charge on any atom is -0.268 e. The first kappa shape index (κ1) is 17.2. The van der Waals surface area contributed by atoms with Crippen LogP contribution in [0.4, 0.5) is 5.69 Å². The number of carbonyl (C=O) groups excluding carboxylic acids is 1. The first-order valence-corrected chi connectivity index (χ1v) is 8.99. The Bertz CT molecular complexity index is 860. The molecule has 0 atom stereocenters. The lowest BCUT2D eigenvalue weighted by Crippen LogP contribution is -2.27. The van der Waals surface area contributed by atoms with E-state index in [2.05, 4.69) is 0 Å². The van der Waals surface area contributed by atoms with Crippen LogP contribution in [0.3, 0.4) is 0 Å². The Morgan fingerprint density at radius 2 is 1.75 bits per heavy atom. The molecule has 2 nitrogen and oxygen atoms in total. The molecular formula is C18H11Cl2NOS2. The summed E-state index contributed by atoms with van der Waals surface area (Å²) in [5.74, 6) is -0.142. The summed E-state index contributed by atoms with van der Waals surface area (Å²) in [6.45, 7) is 0. The van der Waals surface area contributed by atoms with Crippen molar-refractivity contribution in [1.82, 2.24) is 0 Å². The van der Waals surface area contributed by atoms with Gasteiger partial charge in [0.15, 0.2) is 4.32 Å². The average Bonchev–Trinajstić information content (AvgIpc) is 2.84. The van der Waals surface area contributed by atoms with Crippen LogP contribution in [0.25, 0.3) is 6.08 Å². The summed E-state index contributed by atoms with van der Waals surface area (Å²) in [6, 6.07) is 14.5. The standard InChI is InChI=1S/C18H11Cl2NOS2/c19-13-8-10-14(11-9-13)21-17(22)16(24-18(21)23)7-3-5-12-4-1-2-6-15(12)20/h1-11H/b5-3+,16-7-. The molecular weight excluding hydrogens is 381 g/mol. The zero-order chi connectivity index (χ0) is 17.1. The van der Waals surface area contributed by atoms with Gasteiger partial charge in [0.1, 0.15) is 0 Å². The number of thiocarbonyl (C=S) groups is 1. The lowest BCUT2D eigenvalue weighted by Gasteiger charge is -2.14. The van der Waals surface area contributed by atoms with Crippen molar-refractivity contribution in [3.05, 3.63) is 81.2 Å². The van der Waals surface area contributed by atoms with E-state index in [0.717, 1.165) is 5.56 Å². The molecule has 0 saturated carbocycles. The van der Waals surface area contributed by atoms with Crippen LogP contribution in [0.5, 0.6) is 0 Å². The van der Waals surface area contributed by atoms with Crippen LogP contribution in [0.1, 0.15) is 5.56 Å². The van der Waals surface area contributed by atoms with Crippen LogP contribution in [0, 0.1) is 0 Å². The molecule has 0 spiro atoms. The molecule has 1 amide bonds. The second-order valence-corrected chi connectivity index (χ2v) is 7.42. The highest BCUT2D eigenvalue weighted by Crippen LogP contribution is 2.35. The van der Waals surface area contributed by atoms with Crippen molar-refractivity contribution in [3.63, 3.8) is 0 Å². The maximum atomic E-state index is 12.6. The van der Waals surface area contributed by atoms with Crippen molar-refractivity contribution in [1.29, 1.82) is 0 Å². The van der Waals surface area contributed by atoms with Crippen LogP contribution in [-0.4, -0.2) is 10.2 Å². The molecule has 24 heavy (non-hydrogen) atoms. The number of amides is 1. The van der Waals surface area contributed by atoms with E-state index in [0.29, 0.717) is 25.0 Å². The maximum absolute atomic E-state index is 12.6. The molecule has 0 bridgehead atoms. The van der Waals surface area contributed by atoms with Gasteiger partial charge in [0.2, 0.25) is 0 Å². The first-order chi connectivity index (χ1) is 11.6. The van der Waals surface area contributed by atoms with Crippen LogP contribution >= 0.6 is 47.2 Å². The zero-order valence-electron chi connectivity index (χ0n) is 12.3. The molecule has 1 saturated heterocycles. The number of nitrogens with zero attached hydrogens (tertiary/aromatic N) is 1. The summed E-state index contributed by atoms with van der Waals surface area (Å²) in [5, 5.41) is 1.28. The quantitative estimate of drug-likeness (QED) is 0.475. The summed E-state index contributed by atoms with van der Waals surface area (Å²) in [6.07, 6.45) is 5.41. The Labute approximate surface area is 159 Å². The lowest BCUT2D eigenvalue weighted by molar-refractivity contribution is -0.113. The molecule has 6 heteroatoms. The third-order valence-corrected chi connectivity index (χ3v) is 5.22. The van der Waals surface area contributed by atoms with Gasteiger partial charge in [-0.05, 0) is 42.0 Å². The van der Waals surface area contributed by atoms with Crippen molar-refractivity contribution in [2.24, 2.45) is 0 Å². The number of allylic oxidation sites excluding steroid dienone is 2. The molecule has 1 aliphatic heterocycles. The predicted molar refractivity (Wildman–Crippen MR) is 108 cm³/mol. The molecule has 0 radical (unpaired) electrons. The highest BCUT2D eigenvalue weighted by atomic mass is 35.5. The SMILES string of the molecule is O=C1/C(=C/C=C/c2ccccc2Cl)SC(=S)N1c1ccc(Cl)cc1. The fourth-order valence-electron chi connectivity index (χ4n) is 2.14. The topological polar surface area (TPSA) is 20.3 Å². The number of hydrogen-bond donors (Lipinski definition) is 0. The van der Waals surface area contributed by atoms with Crippen LogP contribution in [-0.2, 0) is 4.79 Å². The molecule has 1 fully saturated rings. The fraction of sp³-hybridized carbons (Fsp3) is 0. The van der Waals surface area contributed by atoms with Crippen molar-refractivity contribution in [2.45, 2.75) is 0 Å². The number of rotatable bonds is 3. The predicted octanol–water partition coefficient (Wildman–Crippen LogP) is 5.96. The van der Waals surface area contributed by atoms with Gasteiger partial charge in [-0.25, -0.2) is 0 Å². The van der Waals surface area contributed by atoms with E-state index in [-0.39, 0.29) is 5.91 Å². The number of thioether (sulfide) groups is 1. The molecule has 2 aromatic rings. The minimum absolute atomic E-state index is 0.142. The molecule has 2 aromatic carbocycles. The van der Waals surface area contributed by atoms with Gasteiger partial charge < -0.3 is 0 Å². The summed E-state index contributed by atoms with van der Waals surface area (Å²) in [4.78, 5) is 14.6. The van der Waals surface area contributed by atoms with Crippen molar-refractivity contribution < 1.29 is 4.79 Å². The van der Waals surface area contributed by atoms with Gasteiger partial charge in [-0.15, -0.1) is 0 Å². The Hall–Kier alpha value is -1.59. The molecule has 0 aliphatic carbocycles. The Balaban J connectivity index is 1.81. The van der Waals surface area contributed by atoms with E-state index >= 15 is 0 Å². The average molecular weight is 392 g/mol. The van der Waals surface area contributed by atoms with E-state index in [1.807, 2.05) is 30.3 Å². The molecule has 120 valence electrons. The van der Waals surface area contributed by atoms with Crippen molar-refractivity contribution in [2.75, 3.05) is 4.90 Å². The summed E-state index contributed by atoms with van der Waals surface area (Å²) >= 11 is 18.6. The number of carbonyl (C=O) groups is 1. The number of anilines is 1. The highest BCUT2D eigenvalue weighted by Gasteiger charge is 2.32. The van der Waals surface area contributed by atoms with Gasteiger partial charge in [0.05, 0.1) is 10.6 Å². The maximum Gasteiger partial charge on any atom is 0.270 e. The van der Waals surface area contributed by atoms with Gasteiger partial charge in [-0.3, -0.25) is 9.69 Å². The largest absolute Gasteiger partial charge is 0.270 e. The van der Waals surface area contributed by atoms with Gasteiger partial charge in [-0.2, -0.15) is 0 Å². The summed E-state index contributed by atoms with van der Waals surface area (Å²) in [7, 11) is 0. The molecule has 0 unspecified atom stereocenters. The monoisotopic (exact) mass is 391 g/mol. The van der Waals surface area contributed by atoms with Crippen molar-refractivity contribution >= 4 is 69.2 Å². The number of halogens is 2. The Morgan fingerprint density at radius 1 is 1.04 bits per heavy atom. The Kier molecular flexibility index (Phi) is 5.41. The molecule has 0 aromatic heterocycles. The van der Waals surface area contributed by atoms with Crippen molar-refractivity contribution in [3.8, 4) is 0 Å². The summed E-state index contributed by atoms with van der Waals surface area (Å²) in [5.41, 5.74) is 1.60. The second kappa shape index (κ2) is 7.53. The van der Waals surface area contributed by atoms with E-state index < -0.39 is 0 Å². The first-order valence-electron chi connectivity index (χ1n) is 7.01. The highest BCUT2D eigenvalue weighted by molar-refractivity contribution is 8.27. The van der Waals surface area contributed by atoms with E-state index in [1.54, 1.807) is 36.4 Å². The van der Waals surface area contributed by atoms with Gasteiger partial charge >= 0.3 is 0 Å². The lowest BCUT2D eigenvalue weighted by atomic mass is 10.2.